The van der Waals surface area contributed by atoms with Gasteiger partial charge in [-0.05, 0) is 23.8 Å². The summed E-state index contributed by atoms with van der Waals surface area (Å²) in [5.41, 5.74) is 1.63. The summed E-state index contributed by atoms with van der Waals surface area (Å²) in [6.45, 7) is 0. The Hall–Kier alpha value is -2.69. The molecule has 1 aromatic heterocycles. The number of pyridine rings is 1. The van der Waals surface area contributed by atoms with Gasteiger partial charge in [0.05, 0.1) is 0 Å². The molecule has 1 N–H and O–H groups in total. The van der Waals surface area contributed by atoms with E-state index >= 15 is 0 Å². The van der Waals surface area contributed by atoms with Crippen LogP contribution >= 0.6 is 0 Å². The molecular weight excluding hydrogens is 256 g/mol. The van der Waals surface area contributed by atoms with E-state index in [0.717, 1.165) is 0 Å². The minimum absolute atomic E-state index is 0.0260. The fourth-order valence-electron chi connectivity index (χ4n) is 1.89. The van der Waals surface area contributed by atoms with Crippen molar-refractivity contribution in [3.05, 3.63) is 53.9 Å². The third kappa shape index (κ3) is 2.66. The molecule has 0 bridgehead atoms. The Bertz CT molecular complexity index is 666. The molecule has 102 valence electrons. The molecular formula is C15H14N2O3. The van der Waals surface area contributed by atoms with E-state index in [0.29, 0.717) is 16.7 Å². The normalized spacial score (nSPS) is 10.1. The number of benzene rings is 1. The molecule has 0 saturated carbocycles. The number of hydrogen-bond acceptors (Lipinski definition) is 3. The van der Waals surface area contributed by atoms with Crippen LogP contribution in [-0.4, -0.2) is 41.0 Å². The first-order chi connectivity index (χ1) is 9.50. The maximum Gasteiger partial charge on any atom is 0.355 e. The summed E-state index contributed by atoms with van der Waals surface area (Å²) in [5.74, 6) is -1.22. The minimum atomic E-state index is -1.09. The molecule has 0 fully saturated rings. The van der Waals surface area contributed by atoms with Crippen molar-refractivity contribution in [2.75, 3.05) is 14.1 Å². The third-order valence-electron chi connectivity index (χ3n) is 2.84. The van der Waals surface area contributed by atoms with Crippen molar-refractivity contribution in [2.45, 2.75) is 0 Å². The number of carbonyl (C=O) groups is 2. The van der Waals surface area contributed by atoms with Gasteiger partial charge in [0.2, 0.25) is 0 Å². The SMILES string of the molecule is CN(C)C(=O)c1cccc(-c2cccnc2C(=O)O)c1. The molecule has 5 heteroatoms. The second-order valence-electron chi connectivity index (χ2n) is 4.49. The lowest BCUT2D eigenvalue weighted by molar-refractivity contribution is 0.0691. The molecule has 0 aliphatic rings. The molecule has 0 aliphatic carbocycles. The van der Waals surface area contributed by atoms with Gasteiger partial charge in [-0.25, -0.2) is 9.78 Å². The van der Waals surface area contributed by atoms with Gasteiger partial charge in [-0.3, -0.25) is 4.79 Å². The average Bonchev–Trinajstić information content (AvgIpc) is 2.46. The van der Waals surface area contributed by atoms with Crippen molar-refractivity contribution in [1.82, 2.24) is 9.88 Å². The average molecular weight is 270 g/mol. The van der Waals surface area contributed by atoms with Gasteiger partial charge in [-0.1, -0.05) is 18.2 Å². The zero-order valence-electron chi connectivity index (χ0n) is 11.2. The van der Waals surface area contributed by atoms with Crippen LogP contribution in [0.3, 0.4) is 0 Å². The second kappa shape index (κ2) is 5.52. The van der Waals surface area contributed by atoms with E-state index in [1.54, 1.807) is 50.5 Å². The molecule has 0 unspecified atom stereocenters. The largest absolute Gasteiger partial charge is 0.476 e. The van der Waals surface area contributed by atoms with Gasteiger partial charge in [-0.2, -0.15) is 0 Å². The highest BCUT2D eigenvalue weighted by Gasteiger charge is 2.14. The van der Waals surface area contributed by atoms with Gasteiger partial charge in [0.15, 0.2) is 5.69 Å². The van der Waals surface area contributed by atoms with Crippen molar-refractivity contribution in [1.29, 1.82) is 0 Å². The fraction of sp³-hybridized carbons (Fsp3) is 0.133. The van der Waals surface area contributed by atoms with Crippen LogP contribution in [0.5, 0.6) is 0 Å². The van der Waals surface area contributed by atoms with Gasteiger partial charge in [0, 0.05) is 31.4 Å². The number of aromatic carboxylic acids is 1. The zero-order valence-corrected chi connectivity index (χ0v) is 11.2. The van der Waals surface area contributed by atoms with E-state index in [2.05, 4.69) is 4.98 Å². The molecule has 1 heterocycles. The topological polar surface area (TPSA) is 70.5 Å². The number of carboxylic acids is 1. The lowest BCUT2D eigenvalue weighted by Crippen LogP contribution is -2.21. The summed E-state index contributed by atoms with van der Waals surface area (Å²) in [4.78, 5) is 28.5. The summed E-state index contributed by atoms with van der Waals surface area (Å²) in [7, 11) is 3.34. The van der Waals surface area contributed by atoms with E-state index in [9.17, 15) is 9.59 Å². The number of rotatable bonds is 3. The summed E-state index contributed by atoms with van der Waals surface area (Å²) >= 11 is 0. The van der Waals surface area contributed by atoms with Crippen LogP contribution in [0.25, 0.3) is 11.1 Å². The van der Waals surface area contributed by atoms with Crippen molar-refractivity contribution >= 4 is 11.9 Å². The highest BCUT2D eigenvalue weighted by molar-refractivity contribution is 5.97. The summed E-state index contributed by atoms with van der Waals surface area (Å²) in [5, 5.41) is 9.16. The Labute approximate surface area is 116 Å². The molecule has 2 rings (SSSR count). The summed E-state index contributed by atoms with van der Waals surface area (Å²) < 4.78 is 0. The molecule has 1 amide bonds. The van der Waals surface area contributed by atoms with Crippen molar-refractivity contribution in [3.8, 4) is 11.1 Å². The lowest BCUT2D eigenvalue weighted by Gasteiger charge is -2.11. The fourth-order valence-corrected chi connectivity index (χ4v) is 1.89. The number of carbonyl (C=O) groups excluding carboxylic acids is 1. The van der Waals surface area contributed by atoms with Crippen LogP contribution in [0.15, 0.2) is 42.6 Å². The molecule has 0 saturated heterocycles. The maximum atomic E-state index is 11.9. The summed E-state index contributed by atoms with van der Waals surface area (Å²) in [6.07, 6.45) is 1.43. The van der Waals surface area contributed by atoms with Gasteiger partial charge in [-0.15, -0.1) is 0 Å². The number of amides is 1. The Morgan fingerprint density at radius 3 is 2.55 bits per heavy atom. The highest BCUT2D eigenvalue weighted by atomic mass is 16.4. The first-order valence-electron chi connectivity index (χ1n) is 6.01. The Balaban J connectivity index is 2.52. The van der Waals surface area contributed by atoms with Gasteiger partial charge >= 0.3 is 5.97 Å². The third-order valence-corrected chi connectivity index (χ3v) is 2.84. The summed E-state index contributed by atoms with van der Waals surface area (Å²) in [6, 6.07) is 10.2. The maximum absolute atomic E-state index is 11.9. The van der Waals surface area contributed by atoms with E-state index in [-0.39, 0.29) is 11.6 Å². The van der Waals surface area contributed by atoms with Crippen molar-refractivity contribution in [3.63, 3.8) is 0 Å². The first kappa shape index (κ1) is 13.7. The minimum Gasteiger partial charge on any atom is -0.476 e. The Morgan fingerprint density at radius 2 is 1.90 bits per heavy atom. The first-order valence-corrected chi connectivity index (χ1v) is 6.01. The number of aromatic nitrogens is 1. The second-order valence-corrected chi connectivity index (χ2v) is 4.49. The molecule has 1 aromatic carbocycles. The Morgan fingerprint density at radius 1 is 1.15 bits per heavy atom. The van der Waals surface area contributed by atoms with Crippen LogP contribution in [0.4, 0.5) is 0 Å². The van der Waals surface area contributed by atoms with Crippen LogP contribution in [0.1, 0.15) is 20.8 Å². The van der Waals surface area contributed by atoms with Gasteiger partial charge in [0.1, 0.15) is 0 Å². The predicted octanol–water partition coefficient (Wildman–Crippen LogP) is 2.15. The smallest absolute Gasteiger partial charge is 0.355 e. The molecule has 2 aromatic rings. The molecule has 0 spiro atoms. The van der Waals surface area contributed by atoms with Gasteiger partial charge < -0.3 is 10.0 Å². The standard InChI is InChI=1S/C15H14N2O3/c1-17(2)14(18)11-6-3-5-10(9-11)12-7-4-8-16-13(12)15(19)20/h3-9H,1-2H3,(H,19,20). The van der Waals surface area contributed by atoms with E-state index in [1.807, 2.05) is 0 Å². The zero-order chi connectivity index (χ0) is 14.7. The molecule has 20 heavy (non-hydrogen) atoms. The lowest BCUT2D eigenvalue weighted by atomic mass is 10.0. The molecule has 5 nitrogen and oxygen atoms in total. The van der Waals surface area contributed by atoms with Gasteiger partial charge in [0.25, 0.3) is 5.91 Å². The van der Waals surface area contributed by atoms with E-state index in [4.69, 9.17) is 5.11 Å². The Kier molecular flexibility index (Phi) is 3.79. The highest BCUT2D eigenvalue weighted by Crippen LogP contribution is 2.23. The van der Waals surface area contributed by atoms with E-state index in [1.165, 1.54) is 11.1 Å². The number of nitrogens with zero attached hydrogens (tertiary/aromatic N) is 2. The van der Waals surface area contributed by atoms with Crippen LogP contribution in [0.2, 0.25) is 0 Å². The molecule has 0 atom stereocenters. The monoisotopic (exact) mass is 270 g/mol. The van der Waals surface area contributed by atoms with E-state index < -0.39 is 5.97 Å². The predicted molar refractivity (Wildman–Crippen MR) is 74.6 cm³/mol. The van der Waals surface area contributed by atoms with Crippen molar-refractivity contribution in [2.24, 2.45) is 0 Å². The van der Waals surface area contributed by atoms with Crippen molar-refractivity contribution < 1.29 is 14.7 Å². The number of hydrogen-bond donors (Lipinski definition) is 1. The molecule has 0 radical (unpaired) electrons. The molecule has 0 aliphatic heterocycles. The quantitative estimate of drug-likeness (QED) is 0.927. The number of carboxylic acid groups (broad SMARTS) is 1. The van der Waals surface area contributed by atoms with Crippen LogP contribution < -0.4 is 0 Å². The van der Waals surface area contributed by atoms with Crippen LogP contribution in [-0.2, 0) is 0 Å². The van der Waals surface area contributed by atoms with Crippen LogP contribution in [0, 0.1) is 0 Å².